The molecule has 2 atom stereocenters. The van der Waals surface area contributed by atoms with Gasteiger partial charge in [0.15, 0.2) is 0 Å². The number of amides is 2. The van der Waals surface area contributed by atoms with Gasteiger partial charge < -0.3 is 19.7 Å². The van der Waals surface area contributed by atoms with Crippen molar-refractivity contribution in [1.82, 2.24) is 25.4 Å². The predicted octanol–water partition coefficient (Wildman–Crippen LogP) is 2.36. The number of fused-ring (bicyclic) bond motifs is 1. The van der Waals surface area contributed by atoms with E-state index in [0.29, 0.717) is 36.0 Å². The number of aromatic nitrogens is 3. The number of benzene rings is 1. The van der Waals surface area contributed by atoms with Gasteiger partial charge in [-0.15, -0.1) is 0 Å². The summed E-state index contributed by atoms with van der Waals surface area (Å²) in [6, 6.07) is 8.73. The van der Waals surface area contributed by atoms with E-state index < -0.39 is 0 Å². The number of ether oxygens (including phenoxy) is 2. The third kappa shape index (κ3) is 5.78. The van der Waals surface area contributed by atoms with Crippen LogP contribution in [0.1, 0.15) is 56.6 Å². The summed E-state index contributed by atoms with van der Waals surface area (Å²) in [6.07, 6.45) is 4.41. The maximum atomic E-state index is 13.1. The summed E-state index contributed by atoms with van der Waals surface area (Å²) in [4.78, 5) is 43.2. The van der Waals surface area contributed by atoms with Crippen molar-refractivity contribution in [3.05, 3.63) is 73.1 Å². The summed E-state index contributed by atoms with van der Waals surface area (Å²) in [6.45, 7) is 3.08. The lowest BCUT2D eigenvalue weighted by Crippen LogP contribution is -2.40. The molecule has 1 aliphatic heterocycles. The minimum absolute atomic E-state index is 0.0481. The number of carbonyl (C=O) groups is 2. The molecule has 0 bridgehead atoms. The number of rotatable bonds is 8. The molecule has 1 aromatic carbocycles. The van der Waals surface area contributed by atoms with Gasteiger partial charge in [0.25, 0.3) is 5.91 Å². The molecule has 5 rings (SSSR count). The molecule has 2 aliphatic rings. The first kappa shape index (κ1) is 26.1. The number of nitrogens with zero attached hydrogens (tertiary/aromatic N) is 3. The fraction of sp³-hybridized carbons (Fsp3) is 0.444. The van der Waals surface area contributed by atoms with Gasteiger partial charge in [0.2, 0.25) is 5.91 Å². The van der Waals surface area contributed by atoms with Gasteiger partial charge in [0.05, 0.1) is 12.0 Å². The smallest absolute Gasteiger partial charge is 0.322 e. The summed E-state index contributed by atoms with van der Waals surface area (Å²) in [5.41, 5.74) is 5.16. The highest BCUT2D eigenvalue weighted by molar-refractivity contribution is 7.08. The molecule has 3 heterocycles. The molecule has 2 N–H and O–H groups in total. The van der Waals surface area contributed by atoms with Crippen LogP contribution in [0.25, 0.3) is 0 Å². The maximum absolute atomic E-state index is 13.1. The normalized spacial score (nSPS) is 18.7. The molecule has 2 amide bonds. The Labute approximate surface area is 224 Å². The summed E-state index contributed by atoms with van der Waals surface area (Å²) in [5, 5.41) is 10.1. The molecule has 0 saturated carbocycles. The van der Waals surface area contributed by atoms with Crippen LogP contribution in [0.2, 0.25) is 0 Å². The molecule has 0 spiro atoms. The van der Waals surface area contributed by atoms with Crippen LogP contribution in [0.3, 0.4) is 0 Å². The molecule has 3 aromatic rings. The van der Waals surface area contributed by atoms with Crippen molar-refractivity contribution in [2.24, 2.45) is 0 Å². The largest absolute Gasteiger partial charge is 0.489 e. The summed E-state index contributed by atoms with van der Waals surface area (Å²) in [5.74, 6) is -0.0587. The predicted molar refractivity (Wildman–Crippen MR) is 142 cm³/mol. The van der Waals surface area contributed by atoms with Crippen molar-refractivity contribution in [2.45, 2.75) is 51.2 Å². The second kappa shape index (κ2) is 11.4. The van der Waals surface area contributed by atoms with Gasteiger partial charge in [0, 0.05) is 37.2 Å². The Balaban J connectivity index is 1.24. The van der Waals surface area contributed by atoms with Crippen molar-refractivity contribution < 1.29 is 19.1 Å². The highest BCUT2D eigenvalue weighted by Crippen LogP contribution is 2.29. The third-order valence-electron chi connectivity index (χ3n) is 7.06. The van der Waals surface area contributed by atoms with E-state index in [4.69, 9.17) is 14.5 Å². The molecule has 11 heteroatoms. The highest BCUT2D eigenvalue weighted by atomic mass is 32.1. The van der Waals surface area contributed by atoms with E-state index in [9.17, 15) is 14.4 Å². The van der Waals surface area contributed by atoms with E-state index in [1.807, 2.05) is 6.92 Å². The first-order valence-electron chi connectivity index (χ1n) is 12.8. The number of pyridine rings is 1. The number of hydrogen-bond acceptors (Lipinski definition) is 8. The Morgan fingerprint density at radius 3 is 2.71 bits per heavy atom. The molecule has 0 unspecified atom stereocenters. The molecule has 1 fully saturated rings. The van der Waals surface area contributed by atoms with E-state index in [0.717, 1.165) is 29.9 Å². The monoisotopic (exact) mass is 537 g/mol. The Hall–Kier alpha value is -3.57. The van der Waals surface area contributed by atoms with Crippen LogP contribution in [0.4, 0.5) is 0 Å². The molecule has 38 heavy (non-hydrogen) atoms. The van der Waals surface area contributed by atoms with E-state index in [2.05, 4.69) is 21.6 Å². The molecule has 2 aromatic heterocycles. The van der Waals surface area contributed by atoms with Gasteiger partial charge >= 0.3 is 4.87 Å². The van der Waals surface area contributed by atoms with Crippen LogP contribution >= 0.6 is 11.3 Å². The number of likely N-dealkylation sites (tertiary alicyclic amines) is 1. The van der Waals surface area contributed by atoms with Crippen molar-refractivity contribution in [2.75, 3.05) is 26.8 Å². The molecule has 1 saturated heterocycles. The molecular weight excluding hydrogens is 506 g/mol. The standard InChI is InChI=1S/C27H31N5O5S/c1-16-11-18(20-5-3-4-6-22(20)28-16)14-37-19-9-7-17(8-10-19)25(34)29-23-13-32(24(33)15-36-2)12-21(23)26-30-31-27(35)38-26/h7-11,21,23H,3-6,12-15H2,1-2H3,(H,29,34)(H,31,35)/t21-,23+/m0/s1. The van der Waals surface area contributed by atoms with Gasteiger partial charge in [-0.25, -0.2) is 5.10 Å². The van der Waals surface area contributed by atoms with Crippen LogP contribution in [0.5, 0.6) is 5.75 Å². The first-order chi connectivity index (χ1) is 18.4. The highest BCUT2D eigenvalue weighted by Gasteiger charge is 2.39. The molecule has 0 radical (unpaired) electrons. The molecule has 1 aliphatic carbocycles. The lowest BCUT2D eigenvalue weighted by atomic mass is 9.92. The van der Waals surface area contributed by atoms with Crippen LogP contribution in [-0.2, 0) is 29.0 Å². The fourth-order valence-electron chi connectivity index (χ4n) is 5.21. The fourth-order valence-corrected chi connectivity index (χ4v) is 5.97. The van der Waals surface area contributed by atoms with Crippen LogP contribution in [-0.4, -0.2) is 64.7 Å². The lowest BCUT2D eigenvalue weighted by molar-refractivity contribution is -0.134. The van der Waals surface area contributed by atoms with Gasteiger partial charge in [-0.2, -0.15) is 5.10 Å². The van der Waals surface area contributed by atoms with Gasteiger partial charge in [-0.1, -0.05) is 11.3 Å². The Morgan fingerprint density at radius 2 is 1.97 bits per heavy atom. The average Bonchev–Trinajstić information content (AvgIpc) is 3.53. The number of aryl methyl sites for hydroxylation is 2. The Kier molecular flexibility index (Phi) is 7.85. The van der Waals surface area contributed by atoms with Crippen LogP contribution < -0.4 is 14.9 Å². The third-order valence-corrected chi connectivity index (χ3v) is 7.94. The zero-order valence-corrected chi connectivity index (χ0v) is 22.3. The summed E-state index contributed by atoms with van der Waals surface area (Å²) < 4.78 is 11.0. The molecular formula is C27H31N5O5S. The van der Waals surface area contributed by atoms with Gasteiger partial charge in [-0.3, -0.25) is 19.4 Å². The quantitative estimate of drug-likeness (QED) is 0.452. The Bertz CT molecular complexity index is 1370. The number of hydrogen-bond donors (Lipinski definition) is 2. The summed E-state index contributed by atoms with van der Waals surface area (Å²) >= 11 is 0.990. The lowest BCUT2D eigenvalue weighted by Gasteiger charge is -2.20. The summed E-state index contributed by atoms with van der Waals surface area (Å²) in [7, 11) is 1.46. The zero-order chi connectivity index (χ0) is 26.6. The number of nitrogens with one attached hydrogen (secondary N) is 2. The van der Waals surface area contributed by atoms with Crippen molar-refractivity contribution in [3.63, 3.8) is 0 Å². The number of methoxy groups -OCH3 is 1. The zero-order valence-electron chi connectivity index (χ0n) is 21.5. The number of H-pyrrole nitrogens is 1. The minimum atomic E-state index is -0.390. The minimum Gasteiger partial charge on any atom is -0.489 e. The topological polar surface area (TPSA) is 127 Å². The van der Waals surface area contributed by atoms with Crippen LogP contribution in [0, 0.1) is 6.92 Å². The van der Waals surface area contributed by atoms with Crippen molar-refractivity contribution >= 4 is 23.2 Å². The number of carbonyl (C=O) groups excluding carboxylic acids is 2. The van der Waals surface area contributed by atoms with E-state index in [1.54, 1.807) is 29.2 Å². The van der Waals surface area contributed by atoms with Crippen LogP contribution in [0.15, 0.2) is 35.1 Å². The van der Waals surface area contributed by atoms with Crippen molar-refractivity contribution in [3.8, 4) is 5.75 Å². The second-order valence-corrected chi connectivity index (χ2v) is 10.7. The van der Waals surface area contributed by atoms with E-state index >= 15 is 0 Å². The Morgan fingerprint density at radius 1 is 1.18 bits per heavy atom. The SMILES string of the molecule is COCC(=O)N1C[C@H](c2n[nH]c(=O)s2)[C@H](NC(=O)c2ccc(OCc3cc(C)nc4c3CCCC4)cc2)C1. The average molecular weight is 538 g/mol. The molecule has 200 valence electrons. The molecule has 10 nitrogen and oxygen atoms in total. The second-order valence-electron chi connectivity index (χ2n) is 9.74. The van der Waals surface area contributed by atoms with E-state index in [-0.39, 0.29) is 35.3 Å². The van der Waals surface area contributed by atoms with Crippen molar-refractivity contribution in [1.29, 1.82) is 0 Å². The van der Waals surface area contributed by atoms with E-state index in [1.165, 1.54) is 36.8 Å². The van der Waals surface area contributed by atoms with Gasteiger partial charge in [0.1, 0.15) is 24.0 Å². The van der Waals surface area contributed by atoms with Gasteiger partial charge in [-0.05, 0) is 74.1 Å². The maximum Gasteiger partial charge on any atom is 0.322 e. The number of aromatic amines is 1. The first-order valence-corrected chi connectivity index (χ1v) is 13.6.